The molecule has 0 amide bonds. The molecule has 0 bridgehead atoms. The van der Waals surface area contributed by atoms with Gasteiger partial charge in [0.25, 0.3) is 5.95 Å². The van der Waals surface area contributed by atoms with E-state index in [9.17, 15) is 0 Å². The van der Waals surface area contributed by atoms with Crippen molar-refractivity contribution in [2.75, 3.05) is 13.6 Å². The van der Waals surface area contributed by atoms with Gasteiger partial charge >= 0.3 is 0 Å². The van der Waals surface area contributed by atoms with Crippen molar-refractivity contribution >= 4 is 11.8 Å². The third-order valence-corrected chi connectivity index (χ3v) is 2.62. The molecule has 1 fully saturated rings. The summed E-state index contributed by atoms with van der Waals surface area (Å²) in [6.45, 7) is 1.09. The van der Waals surface area contributed by atoms with E-state index < -0.39 is 0 Å². The summed E-state index contributed by atoms with van der Waals surface area (Å²) >= 11 is 0. The highest BCUT2D eigenvalue weighted by Gasteiger charge is 2.11. The molecule has 4 nitrogen and oxygen atoms in total. The molecule has 0 radical (unpaired) electrons. The quantitative estimate of drug-likeness (QED) is 0.702. The standard InChI is InChI=1S/C11H16N4/c1-15-9-4-2-3-6-10(15)14-11-12-7-5-8-13-11/h5,7-8H,2-4,6,9H2,1H3/b14-10-. The summed E-state index contributed by atoms with van der Waals surface area (Å²) < 4.78 is 0. The van der Waals surface area contributed by atoms with E-state index in [1.165, 1.54) is 19.3 Å². The monoisotopic (exact) mass is 204 g/mol. The van der Waals surface area contributed by atoms with Gasteiger partial charge in [-0.15, -0.1) is 0 Å². The molecule has 1 saturated heterocycles. The van der Waals surface area contributed by atoms with E-state index >= 15 is 0 Å². The number of hydrogen-bond acceptors (Lipinski definition) is 3. The second-order valence-electron chi connectivity index (χ2n) is 3.81. The van der Waals surface area contributed by atoms with Gasteiger partial charge in [0.2, 0.25) is 0 Å². The van der Waals surface area contributed by atoms with E-state index in [1.807, 2.05) is 0 Å². The van der Waals surface area contributed by atoms with Crippen LogP contribution in [0.3, 0.4) is 0 Å². The van der Waals surface area contributed by atoms with Crippen molar-refractivity contribution in [1.29, 1.82) is 0 Å². The van der Waals surface area contributed by atoms with Crippen molar-refractivity contribution in [3.05, 3.63) is 18.5 Å². The van der Waals surface area contributed by atoms with Crippen LogP contribution in [0.15, 0.2) is 23.5 Å². The smallest absolute Gasteiger partial charge is 0.250 e. The van der Waals surface area contributed by atoms with Crippen LogP contribution in [-0.2, 0) is 0 Å². The van der Waals surface area contributed by atoms with Gasteiger partial charge in [-0.1, -0.05) is 6.42 Å². The number of aliphatic imine (C=N–C) groups is 1. The minimum atomic E-state index is 0.571. The van der Waals surface area contributed by atoms with Gasteiger partial charge in [-0.25, -0.2) is 9.97 Å². The van der Waals surface area contributed by atoms with Gasteiger partial charge in [0.1, 0.15) is 5.84 Å². The van der Waals surface area contributed by atoms with Crippen LogP contribution in [0.4, 0.5) is 5.95 Å². The Morgan fingerprint density at radius 3 is 2.80 bits per heavy atom. The van der Waals surface area contributed by atoms with E-state index in [1.54, 1.807) is 18.5 Å². The minimum absolute atomic E-state index is 0.571. The van der Waals surface area contributed by atoms with Gasteiger partial charge in [0.15, 0.2) is 0 Å². The molecular formula is C11H16N4. The first-order chi connectivity index (χ1) is 7.36. The lowest BCUT2D eigenvalue weighted by Crippen LogP contribution is -2.25. The van der Waals surface area contributed by atoms with Crippen LogP contribution in [0.1, 0.15) is 25.7 Å². The molecule has 1 aliphatic heterocycles. The van der Waals surface area contributed by atoms with E-state index in [0.29, 0.717) is 5.95 Å². The molecule has 0 atom stereocenters. The normalized spacial score (nSPS) is 20.3. The zero-order valence-electron chi connectivity index (χ0n) is 9.06. The Bertz CT molecular complexity index is 334. The average Bonchev–Trinajstić information content (AvgIpc) is 2.46. The molecule has 15 heavy (non-hydrogen) atoms. The number of likely N-dealkylation sites (tertiary alicyclic amines) is 1. The highest BCUT2D eigenvalue weighted by Crippen LogP contribution is 2.13. The second-order valence-corrected chi connectivity index (χ2v) is 3.81. The maximum atomic E-state index is 4.48. The number of hydrogen-bond donors (Lipinski definition) is 0. The molecule has 0 aromatic carbocycles. The van der Waals surface area contributed by atoms with Crippen molar-refractivity contribution in [1.82, 2.24) is 14.9 Å². The van der Waals surface area contributed by atoms with Crippen molar-refractivity contribution < 1.29 is 0 Å². The van der Waals surface area contributed by atoms with E-state index in [-0.39, 0.29) is 0 Å². The summed E-state index contributed by atoms with van der Waals surface area (Å²) in [5.74, 6) is 1.68. The zero-order valence-corrected chi connectivity index (χ0v) is 9.06. The van der Waals surface area contributed by atoms with Crippen LogP contribution in [0.5, 0.6) is 0 Å². The van der Waals surface area contributed by atoms with Crippen molar-refractivity contribution in [2.24, 2.45) is 4.99 Å². The number of aromatic nitrogens is 2. The SMILES string of the molecule is CN1CCCCC/C1=N/c1ncccn1. The number of rotatable bonds is 1. The van der Waals surface area contributed by atoms with Crippen LogP contribution >= 0.6 is 0 Å². The molecule has 0 spiro atoms. The van der Waals surface area contributed by atoms with Gasteiger partial charge in [0, 0.05) is 32.4 Å². The molecule has 4 heteroatoms. The topological polar surface area (TPSA) is 41.4 Å². The van der Waals surface area contributed by atoms with Crippen LogP contribution in [-0.4, -0.2) is 34.3 Å². The van der Waals surface area contributed by atoms with Crippen LogP contribution in [0.2, 0.25) is 0 Å². The molecule has 1 aromatic rings. The molecule has 2 heterocycles. The zero-order chi connectivity index (χ0) is 10.5. The Labute approximate surface area is 90.1 Å². The maximum absolute atomic E-state index is 4.48. The van der Waals surface area contributed by atoms with E-state index in [4.69, 9.17) is 0 Å². The van der Waals surface area contributed by atoms with Crippen LogP contribution in [0.25, 0.3) is 0 Å². The molecule has 1 aromatic heterocycles. The van der Waals surface area contributed by atoms with Crippen LogP contribution < -0.4 is 0 Å². The summed E-state index contributed by atoms with van der Waals surface area (Å²) in [6.07, 6.45) is 8.25. The lowest BCUT2D eigenvalue weighted by Gasteiger charge is -2.17. The van der Waals surface area contributed by atoms with E-state index in [2.05, 4.69) is 26.9 Å². The molecule has 0 unspecified atom stereocenters. The molecule has 0 aliphatic carbocycles. The fourth-order valence-electron chi connectivity index (χ4n) is 1.73. The number of amidine groups is 1. The fourth-order valence-corrected chi connectivity index (χ4v) is 1.73. The van der Waals surface area contributed by atoms with Crippen molar-refractivity contribution in [3.63, 3.8) is 0 Å². The van der Waals surface area contributed by atoms with Gasteiger partial charge in [0.05, 0.1) is 0 Å². The lowest BCUT2D eigenvalue weighted by atomic mass is 10.2. The van der Waals surface area contributed by atoms with Gasteiger partial charge in [-0.3, -0.25) is 0 Å². The Hall–Kier alpha value is -1.45. The van der Waals surface area contributed by atoms with Gasteiger partial charge < -0.3 is 4.90 Å². The number of nitrogens with zero attached hydrogens (tertiary/aromatic N) is 4. The summed E-state index contributed by atoms with van der Waals surface area (Å²) in [5.41, 5.74) is 0. The average molecular weight is 204 g/mol. The minimum Gasteiger partial charge on any atom is -0.363 e. The first-order valence-electron chi connectivity index (χ1n) is 5.42. The summed E-state index contributed by atoms with van der Waals surface area (Å²) in [6, 6.07) is 1.81. The molecule has 1 aliphatic rings. The Morgan fingerprint density at radius 2 is 2.00 bits per heavy atom. The largest absolute Gasteiger partial charge is 0.363 e. The Morgan fingerprint density at radius 1 is 1.20 bits per heavy atom. The summed E-state index contributed by atoms with van der Waals surface area (Å²) in [7, 11) is 2.09. The molecular weight excluding hydrogens is 188 g/mol. The summed E-state index contributed by atoms with van der Waals surface area (Å²) in [4.78, 5) is 14.9. The summed E-state index contributed by atoms with van der Waals surface area (Å²) in [5, 5.41) is 0. The first kappa shape index (κ1) is 10.1. The molecule has 80 valence electrons. The van der Waals surface area contributed by atoms with Gasteiger partial charge in [-0.2, -0.15) is 4.99 Å². The third-order valence-electron chi connectivity index (χ3n) is 2.62. The van der Waals surface area contributed by atoms with E-state index in [0.717, 1.165) is 18.8 Å². The predicted octanol–water partition coefficient (Wildman–Crippen LogP) is 2.01. The highest BCUT2D eigenvalue weighted by molar-refractivity contribution is 5.84. The molecule has 0 saturated carbocycles. The third kappa shape index (κ3) is 2.75. The molecule has 0 N–H and O–H groups in total. The first-order valence-corrected chi connectivity index (χ1v) is 5.42. The second kappa shape index (κ2) is 4.87. The Kier molecular flexibility index (Phi) is 3.27. The van der Waals surface area contributed by atoms with Crippen molar-refractivity contribution in [2.45, 2.75) is 25.7 Å². The van der Waals surface area contributed by atoms with Crippen LogP contribution in [0, 0.1) is 0 Å². The molecule has 2 rings (SSSR count). The maximum Gasteiger partial charge on any atom is 0.250 e. The highest BCUT2D eigenvalue weighted by atomic mass is 15.2. The predicted molar refractivity (Wildman–Crippen MR) is 60.2 cm³/mol. The lowest BCUT2D eigenvalue weighted by molar-refractivity contribution is 0.494. The fraction of sp³-hybridized carbons (Fsp3) is 0.545. The van der Waals surface area contributed by atoms with Gasteiger partial charge in [-0.05, 0) is 18.9 Å². The Balaban J connectivity index is 2.17. The van der Waals surface area contributed by atoms with Crippen molar-refractivity contribution in [3.8, 4) is 0 Å².